The number of fused-ring (bicyclic) bond motifs is 1. The first-order chi connectivity index (χ1) is 16.3. The van der Waals surface area contributed by atoms with Gasteiger partial charge in [0.15, 0.2) is 5.82 Å². The third-order valence-electron chi connectivity index (χ3n) is 5.56. The number of aliphatic hydroxyl groups is 1. The molecule has 0 aromatic carbocycles. The van der Waals surface area contributed by atoms with Crippen LogP contribution < -0.4 is 15.5 Å². The Kier molecular flexibility index (Phi) is 6.13. The number of carbonyl (C=O) groups excluding carboxylic acids is 1. The van der Waals surface area contributed by atoms with Gasteiger partial charge in [-0.1, -0.05) is 6.07 Å². The van der Waals surface area contributed by atoms with Crippen molar-refractivity contribution in [2.75, 3.05) is 22.6 Å². The molecule has 0 spiro atoms. The fourth-order valence-electron chi connectivity index (χ4n) is 3.96. The van der Waals surface area contributed by atoms with Gasteiger partial charge < -0.3 is 20.6 Å². The predicted molar refractivity (Wildman–Crippen MR) is 122 cm³/mol. The lowest BCUT2D eigenvalue weighted by Crippen LogP contribution is -2.57. The maximum Gasteiger partial charge on any atom is 0.433 e. The van der Waals surface area contributed by atoms with Crippen LogP contribution in [0.5, 0.6) is 0 Å². The predicted octanol–water partition coefficient (Wildman–Crippen LogP) is 2.58. The summed E-state index contributed by atoms with van der Waals surface area (Å²) in [5, 5.41) is 20.6. The van der Waals surface area contributed by atoms with Crippen molar-refractivity contribution in [2.24, 2.45) is 0 Å². The monoisotopic (exact) mass is 490 g/mol. The molecule has 4 rings (SSSR count). The highest BCUT2D eigenvalue weighted by atomic mass is 19.4. The van der Waals surface area contributed by atoms with Crippen molar-refractivity contribution >= 4 is 23.4 Å². The smallest absolute Gasteiger partial charge is 0.388 e. The van der Waals surface area contributed by atoms with Crippen LogP contribution in [0.1, 0.15) is 36.4 Å². The van der Waals surface area contributed by atoms with Crippen LogP contribution in [0.2, 0.25) is 0 Å². The lowest BCUT2D eigenvalue weighted by molar-refractivity contribution is -0.141. The van der Waals surface area contributed by atoms with Gasteiger partial charge in [0.05, 0.1) is 24.0 Å². The van der Waals surface area contributed by atoms with Crippen molar-refractivity contribution < 1.29 is 23.1 Å². The number of aromatic nitrogens is 5. The van der Waals surface area contributed by atoms with E-state index in [2.05, 4.69) is 30.7 Å². The number of alkyl halides is 3. The number of likely N-dealkylation sites (N-methyl/N-ethyl adjacent to an activating group) is 1. The highest BCUT2D eigenvalue weighted by Crippen LogP contribution is 2.35. The van der Waals surface area contributed by atoms with Crippen molar-refractivity contribution in [3.63, 3.8) is 0 Å². The van der Waals surface area contributed by atoms with Gasteiger partial charge in [-0.2, -0.15) is 23.3 Å². The summed E-state index contributed by atoms with van der Waals surface area (Å²) in [4.78, 5) is 26.5. The molecule has 0 bridgehead atoms. The fraction of sp³-hybridized carbons (Fsp3) is 0.409. The number of anilines is 3. The van der Waals surface area contributed by atoms with E-state index in [1.807, 2.05) is 0 Å². The number of hydrogen-bond acceptors (Lipinski definition) is 8. The summed E-state index contributed by atoms with van der Waals surface area (Å²) in [7, 11) is 1.69. The zero-order chi connectivity index (χ0) is 25.5. The number of pyridine rings is 1. The quantitative estimate of drug-likeness (QED) is 0.482. The Balaban J connectivity index is 1.44. The summed E-state index contributed by atoms with van der Waals surface area (Å²) < 4.78 is 39.6. The molecule has 0 aliphatic carbocycles. The van der Waals surface area contributed by atoms with Crippen molar-refractivity contribution in [3.05, 3.63) is 53.2 Å². The Labute approximate surface area is 199 Å². The van der Waals surface area contributed by atoms with Crippen LogP contribution in [0.25, 0.3) is 0 Å². The largest absolute Gasteiger partial charge is 0.433 e. The molecule has 4 heterocycles. The lowest BCUT2D eigenvalue weighted by Gasteiger charge is -2.40. The SMILES string of the molecule is Cc1nc(NCc2cnn(Cc3ccc(C(F)(F)F)nc3)c2)nc2c1NC(=O)C(C(C)(C)O)N2C. The summed E-state index contributed by atoms with van der Waals surface area (Å²) in [6.07, 6.45) is 0.0944. The molecule has 0 saturated heterocycles. The molecule has 10 nitrogen and oxygen atoms in total. The van der Waals surface area contributed by atoms with Crippen molar-refractivity contribution in [2.45, 2.75) is 51.7 Å². The normalized spacial score (nSPS) is 16.2. The number of rotatable bonds is 6. The number of aryl methyl sites for hydroxylation is 1. The van der Waals surface area contributed by atoms with E-state index < -0.39 is 23.5 Å². The fourth-order valence-corrected chi connectivity index (χ4v) is 3.96. The molecule has 0 fully saturated rings. The van der Waals surface area contributed by atoms with E-state index >= 15 is 0 Å². The molecule has 3 N–H and O–H groups in total. The first kappa shape index (κ1) is 24.4. The summed E-state index contributed by atoms with van der Waals surface area (Å²) in [5.74, 6) is 0.478. The van der Waals surface area contributed by atoms with Gasteiger partial charge in [0.1, 0.15) is 17.4 Å². The maximum absolute atomic E-state index is 12.7. The molecule has 186 valence electrons. The van der Waals surface area contributed by atoms with E-state index in [1.54, 1.807) is 49.8 Å². The lowest BCUT2D eigenvalue weighted by atomic mass is 9.95. The Morgan fingerprint density at radius 2 is 1.91 bits per heavy atom. The Morgan fingerprint density at radius 1 is 1.17 bits per heavy atom. The van der Waals surface area contributed by atoms with Gasteiger partial charge in [-0.25, -0.2) is 4.98 Å². The van der Waals surface area contributed by atoms with Gasteiger partial charge >= 0.3 is 6.18 Å². The minimum Gasteiger partial charge on any atom is -0.388 e. The van der Waals surface area contributed by atoms with E-state index in [0.29, 0.717) is 35.3 Å². The number of carbonyl (C=O) groups is 1. The number of nitrogens with zero attached hydrogens (tertiary/aromatic N) is 6. The van der Waals surface area contributed by atoms with E-state index in [1.165, 1.54) is 12.3 Å². The molecule has 1 unspecified atom stereocenters. The maximum atomic E-state index is 12.7. The highest BCUT2D eigenvalue weighted by Gasteiger charge is 2.42. The Bertz CT molecular complexity index is 1230. The van der Waals surface area contributed by atoms with Gasteiger partial charge in [0.25, 0.3) is 0 Å². The van der Waals surface area contributed by atoms with E-state index in [-0.39, 0.29) is 12.5 Å². The van der Waals surface area contributed by atoms with Crippen LogP contribution in [0.15, 0.2) is 30.7 Å². The molecular weight excluding hydrogens is 465 g/mol. The zero-order valence-corrected chi connectivity index (χ0v) is 19.6. The molecular formula is C22H25F3N8O2. The van der Waals surface area contributed by atoms with Gasteiger partial charge in [0, 0.05) is 31.5 Å². The van der Waals surface area contributed by atoms with Crippen LogP contribution >= 0.6 is 0 Å². The summed E-state index contributed by atoms with van der Waals surface area (Å²) in [6, 6.07) is 1.49. The molecule has 1 amide bonds. The van der Waals surface area contributed by atoms with Crippen LogP contribution in [0.3, 0.4) is 0 Å². The summed E-state index contributed by atoms with van der Waals surface area (Å²) in [6.45, 7) is 5.48. The average molecular weight is 490 g/mol. The van der Waals surface area contributed by atoms with Crippen LogP contribution in [-0.2, 0) is 24.1 Å². The van der Waals surface area contributed by atoms with Crippen molar-refractivity contribution in [1.29, 1.82) is 0 Å². The summed E-state index contributed by atoms with van der Waals surface area (Å²) >= 11 is 0. The van der Waals surface area contributed by atoms with Crippen molar-refractivity contribution in [3.8, 4) is 0 Å². The standard InChI is InChI=1S/C22H25F3N8O2/c1-12-16-18(32(4)17(19(34)30-16)21(2,3)35)31-20(29-12)27-8-14-9-28-33(11-14)10-13-5-6-15(26-7-13)22(23,24)25/h5-7,9,11,17,35H,8,10H2,1-4H3,(H,30,34)(H,27,29,31). The summed E-state index contributed by atoms with van der Waals surface area (Å²) in [5.41, 5.74) is 0.214. The number of amides is 1. The van der Waals surface area contributed by atoms with Crippen LogP contribution in [0, 0.1) is 6.92 Å². The van der Waals surface area contributed by atoms with Crippen LogP contribution in [-0.4, -0.2) is 54.4 Å². The Hall–Kier alpha value is -3.74. The van der Waals surface area contributed by atoms with Gasteiger partial charge in [-0.15, -0.1) is 0 Å². The second-order valence-corrected chi connectivity index (χ2v) is 8.94. The second-order valence-electron chi connectivity index (χ2n) is 8.94. The topological polar surface area (TPSA) is 121 Å². The second kappa shape index (κ2) is 8.80. The Morgan fingerprint density at radius 3 is 2.54 bits per heavy atom. The van der Waals surface area contributed by atoms with E-state index in [9.17, 15) is 23.1 Å². The van der Waals surface area contributed by atoms with Gasteiger partial charge in [-0.3, -0.25) is 14.5 Å². The van der Waals surface area contributed by atoms with Crippen molar-refractivity contribution in [1.82, 2.24) is 24.7 Å². The first-order valence-corrected chi connectivity index (χ1v) is 10.7. The van der Waals surface area contributed by atoms with E-state index in [0.717, 1.165) is 11.6 Å². The number of halogens is 3. The molecule has 1 aliphatic heterocycles. The molecule has 3 aromatic heterocycles. The molecule has 0 radical (unpaired) electrons. The molecule has 1 atom stereocenters. The van der Waals surface area contributed by atoms with Crippen LogP contribution in [0.4, 0.5) is 30.6 Å². The molecule has 35 heavy (non-hydrogen) atoms. The van der Waals surface area contributed by atoms with Gasteiger partial charge in [0.2, 0.25) is 11.9 Å². The third kappa shape index (κ3) is 5.19. The van der Waals surface area contributed by atoms with Gasteiger partial charge in [-0.05, 0) is 32.4 Å². The zero-order valence-electron chi connectivity index (χ0n) is 19.6. The number of hydrogen-bond donors (Lipinski definition) is 3. The van der Waals surface area contributed by atoms with E-state index in [4.69, 9.17) is 0 Å². The molecule has 13 heteroatoms. The first-order valence-electron chi connectivity index (χ1n) is 10.7. The minimum atomic E-state index is -4.48. The minimum absolute atomic E-state index is 0.266. The average Bonchev–Trinajstić information content (AvgIpc) is 3.19. The molecule has 0 saturated carbocycles. The highest BCUT2D eigenvalue weighted by molar-refractivity contribution is 6.04. The molecule has 1 aliphatic rings. The third-order valence-corrected chi connectivity index (χ3v) is 5.56. The number of nitrogens with one attached hydrogen (secondary N) is 2. The molecule has 3 aromatic rings.